The Balaban J connectivity index is 1.63. The van der Waals surface area contributed by atoms with Crippen LogP contribution in [0.4, 0.5) is 5.69 Å². The molecule has 0 aromatic heterocycles. The fourth-order valence-corrected chi connectivity index (χ4v) is 3.63. The maximum Gasteiger partial charge on any atom is 0.269 e. The summed E-state index contributed by atoms with van der Waals surface area (Å²) in [6.07, 6.45) is 0. The molecule has 0 fully saturated rings. The third kappa shape index (κ3) is 4.82. The summed E-state index contributed by atoms with van der Waals surface area (Å²) < 4.78 is 0. The van der Waals surface area contributed by atoms with Gasteiger partial charge >= 0.3 is 0 Å². The minimum atomic E-state index is -0.583. The van der Waals surface area contributed by atoms with Gasteiger partial charge in [-0.25, -0.2) is 4.99 Å². The number of amidine groups is 1. The number of nitrogens with one attached hydrogen (secondary N) is 2. The van der Waals surface area contributed by atoms with Crippen molar-refractivity contribution < 1.29 is 14.5 Å². The molecule has 0 spiro atoms. The first kappa shape index (κ1) is 23.1. The lowest BCUT2D eigenvalue weighted by molar-refractivity contribution is -0.384. The third-order valence-corrected chi connectivity index (χ3v) is 5.46. The second-order valence-electron chi connectivity index (χ2n) is 7.71. The molecule has 9 nitrogen and oxygen atoms in total. The van der Waals surface area contributed by atoms with Gasteiger partial charge in [0, 0.05) is 28.8 Å². The fourth-order valence-electron chi connectivity index (χ4n) is 3.63. The number of hydrogen-bond acceptors (Lipinski definition) is 6. The van der Waals surface area contributed by atoms with Crippen LogP contribution in [0.15, 0.2) is 89.4 Å². The number of benzene rings is 3. The van der Waals surface area contributed by atoms with Crippen LogP contribution in [0.3, 0.4) is 0 Å². The van der Waals surface area contributed by atoms with Crippen molar-refractivity contribution in [2.24, 2.45) is 4.99 Å². The van der Waals surface area contributed by atoms with Gasteiger partial charge in [0.25, 0.3) is 17.5 Å². The Hall–Kier alpha value is -5.10. The number of hydrogen-bond donors (Lipinski definition) is 2. The van der Waals surface area contributed by atoms with Crippen LogP contribution in [0.1, 0.15) is 40.0 Å². The average molecular weight is 465 g/mol. The van der Waals surface area contributed by atoms with Gasteiger partial charge in [0.1, 0.15) is 17.5 Å². The zero-order valence-electron chi connectivity index (χ0n) is 18.6. The topological polar surface area (TPSA) is 137 Å². The van der Waals surface area contributed by atoms with Crippen LogP contribution in [-0.2, 0) is 4.79 Å². The predicted octanol–water partition coefficient (Wildman–Crippen LogP) is 3.90. The first-order chi connectivity index (χ1) is 16.9. The molecule has 9 heteroatoms. The predicted molar refractivity (Wildman–Crippen MR) is 129 cm³/mol. The van der Waals surface area contributed by atoms with E-state index in [1.807, 2.05) is 43.3 Å². The minimum Gasteiger partial charge on any atom is -0.345 e. The molecule has 35 heavy (non-hydrogen) atoms. The van der Waals surface area contributed by atoms with Gasteiger partial charge in [-0.05, 0) is 24.6 Å². The van der Waals surface area contributed by atoms with E-state index in [0.717, 1.165) is 5.56 Å². The highest BCUT2D eigenvalue weighted by molar-refractivity contribution is 6.20. The van der Waals surface area contributed by atoms with Crippen molar-refractivity contribution in [3.63, 3.8) is 0 Å². The van der Waals surface area contributed by atoms with E-state index in [2.05, 4.69) is 15.6 Å². The van der Waals surface area contributed by atoms with E-state index in [0.29, 0.717) is 11.1 Å². The summed E-state index contributed by atoms with van der Waals surface area (Å²) in [6, 6.07) is 23.0. The first-order valence-electron chi connectivity index (χ1n) is 10.6. The quantitative estimate of drug-likeness (QED) is 0.255. The summed E-state index contributed by atoms with van der Waals surface area (Å²) in [6.45, 7) is 1.81. The van der Waals surface area contributed by atoms with Gasteiger partial charge in [0.2, 0.25) is 0 Å². The smallest absolute Gasteiger partial charge is 0.269 e. The lowest BCUT2D eigenvalue weighted by atomic mass is 10.0. The molecule has 3 aromatic rings. The first-order valence-corrected chi connectivity index (χ1v) is 10.6. The van der Waals surface area contributed by atoms with Crippen LogP contribution >= 0.6 is 0 Å². The number of nitrogens with zero attached hydrogens (tertiary/aromatic N) is 3. The number of fused-ring (bicyclic) bond motifs is 1. The summed E-state index contributed by atoms with van der Waals surface area (Å²) in [4.78, 5) is 40.5. The molecule has 172 valence electrons. The number of aliphatic imine (C=N–C) groups is 1. The molecule has 2 N–H and O–H groups in total. The molecule has 1 atom stereocenters. The molecule has 1 aliphatic rings. The van der Waals surface area contributed by atoms with Crippen molar-refractivity contribution in [2.45, 2.75) is 13.0 Å². The SMILES string of the molecule is C[C@H](NC(=O)/C(C#N)=C1\N=C(NC(=O)c2ccc([N+](=O)[O-])cc2)c2ccccc21)c1ccccc1. The Bertz CT molecular complexity index is 1420. The number of amides is 2. The lowest BCUT2D eigenvalue weighted by Crippen LogP contribution is -2.30. The third-order valence-electron chi connectivity index (χ3n) is 5.46. The van der Waals surface area contributed by atoms with Gasteiger partial charge < -0.3 is 10.6 Å². The highest BCUT2D eigenvalue weighted by Crippen LogP contribution is 2.31. The molecule has 0 saturated heterocycles. The molecule has 1 aliphatic heterocycles. The summed E-state index contributed by atoms with van der Waals surface area (Å²) in [5.74, 6) is -0.939. The number of nitriles is 1. The summed E-state index contributed by atoms with van der Waals surface area (Å²) in [7, 11) is 0. The molecule has 1 heterocycles. The molecule has 4 rings (SSSR count). The maximum atomic E-state index is 13.0. The van der Waals surface area contributed by atoms with Crippen molar-refractivity contribution >= 4 is 29.0 Å². The Morgan fingerprint density at radius 1 is 0.971 bits per heavy atom. The van der Waals surface area contributed by atoms with E-state index < -0.39 is 16.7 Å². The zero-order valence-corrected chi connectivity index (χ0v) is 18.6. The number of nitro benzene ring substituents is 1. The molecular formula is C26H19N5O4. The highest BCUT2D eigenvalue weighted by Gasteiger charge is 2.28. The van der Waals surface area contributed by atoms with Gasteiger partial charge in [-0.3, -0.25) is 19.7 Å². The summed E-state index contributed by atoms with van der Waals surface area (Å²) >= 11 is 0. The van der Waals surface area contributed by atoms with E-state index in [9.17, 15) is 25.0 Å². The van der Waals surface area contributed by atoms with E-state index >= 15 is 0 Å². The van der Waals surface area contributed by atoms with Crippen molar-refractivity contribution in [3.05, 3.63) is 117 Å². The molecule has 0 unspecified atom stereocenters. The molecule has 2 amide bonds. The Kier molecular flexibility index (Phi) is 6.46. The normalized spacial score (nSPS) is 14.1. The largest absolute Gasteiger partial charge is 0.345 e. The van der Waals surface area contributed by atoms with Crippen molar-refractivity contribution in [1.29, 1.82) is 5.26 Å². The molecule has 3 aromatic carbocycles. The van der Waals surface area contributed by atoms with Crippen LogP contribution in [0, 0.1) is 21.4 Å². The fraction of sp³-hybridized carbons (Fsp3) is 0.0769. The van der Waals surface area contributed by atoms with Gasteiger partial charge in [-0.1, -0.05) is 54.6 Å². The second kappa shape index (κ2) is 9.80. The highest BCUT2D eigenvalue weighted by atomic mass is 16.6. The Labute approximate surface area is 200 Å². The molecule has 0 radical (unpaired) electrons. The van der Waals surface area contributed by atoms with Crippen LogP contribution in [0.25, 0.3) is 5.70 Å². The Morgan fingerprint density at radius 3 is 2.23 bits per heavy atom. The van der Waals surface area contributed by atoms with Crippen LogP contribution in [0.5, 0.6) is 0 Å². The lowest BCUT2D eigenvalue weighted by Gasteiger charge is -2.14. The van der Waals surface area contributed by atoms with Gasteiger partial charge in [0.15, 0.2) is 0 Å². The number of nitro groups is 1. The van der Waals surface area contributed by atoms with Crippen molar-refractivity contribution in [3.8, 4) is 6.07 Å². The molecular weight excluding hydrogens is 446 g/mol. The van der Waals surface area contributed by atoms with Crippen LogP contribution < -0.4 is 10.6 Å². The van der Waals surface area contributed by atoms with E-state index in [-0.39, 0.29) is 34.4 Å². The zero-order chi connectivity index (χ0) is 24.9. The van der Waals surface area contributed by atoms with E-state index in [4.69, 9.17) is 0 Å². The number of carbonyl (C=O) groups is 2. The van der Waals surface area contributed by atoms with Crippen molar-refractivity contribution in [1.82, 2.24) is 10.6 Å². The van der Waals surface area contributed by atoms with Crippen molar-refractivity contribution in [2.75, 3.05) is 0 Å². The molecule has 0 saturated carbocycles. The van der Waals surface area contributed by atoms with Gasteiger partial charge in [-0.2, -0.15) is 5.26 Å². The monoisotopic (exact) mass is 465 g/mol. The molecule has 0 bridgehead atoms. The number of non-ortho nitro benzene ring substituents is 1. The summed E-state index contributed by atoms with van der Waals surface area (Å²) in [5, 5.41) is 26.2. The Morgan fingerprint density at radius 2 is 1.60 bits per heavy atom. The van der Waals surface area contributed by atoms with Gasteiger partial charge in [0.05, 0.1) is 16.7 Å². The van der Waals surface area contributed by atoms with E-state index in [1.165, 1.54) is 24.3 Å². The summed E-state index contributed by atoms with van der Waals surface area (Å²) in [5.41, 5.74) is 2.00. The van der Waals surface area contributed by atoms with Crippen LogP contribution in [0.2, 0.25) is 0 Å². The maximum absolute atomic E-state index is 13.0. The van der Waals surface area contributed by atoms with Crippen LogP contribution in [-0.4, -0.2) is 22.6 Å². The van der Waals surface area contributed by atoms with Gasteiger partial charge in [-0.15, -0.1) is 0 Å². The van der Waals surface area contributed by atoms with E-state index in [1.54, 1.807) is 24.3 Å². The average Bonchev–Trinajstić information content (AvgIpc) is 3.23. The number of rotatable bonds is 5. The second-order valence-corrected chi connectivity index (χ2v) is 7.71. The molecule has 0 aliphatic carbocycles. The standard InChI is InChI=1S/C26H19N5O4/c1-16(17-7-3-2-4-8-17)28-26(33)22(15-27)23-20-9-5-6-10-21(20)24(29-23)30-25(32)18-11-13-19(14-12-18)31(34)35/h2-14,16H,1H3,(H,28,33)(H,29,30,32)/b23-22-/t16-/m0/s1. The minimum absolute atomic E-state index is 0.135. The number of carbonyl (C=O) groups excluding carboxylic acids is 2.